The Morgan fingerprint density at radius 1 is 1.32 bits per heavy atom. The zero-order valence-electron chi connectivity index (χ0n) is 10.5. The number of benzene rings is 1. The molecule has 0 saturated carbocycles. The second kappa shape index (κ2) is 5.56. The second-order valence-corrected chi connectivity index (χ2v) is 5.26. The lowest BCUT2D eigenvalue weighted by Gasteiger charge is -2.11. The summed E-state index contributed by atoms with van der Waals surface area (Å²) in [7, 11) is 0. The number of aryl methyl sites for hydroxylation is 2. The first-order valence-corrected chi connectivity index (χ1v) is 6.71. The van der Waals surface area contributed by atoms with Gasteiger partial charge in [0, 0.05) is 5.69 Å². The van der Waals surface area contributed by atoms with E-state index in [0.29, 0.717) is 11.3 Å². The highest BCUT2D eigenvalue weighted by Crippen LogP contribution is 2.29. The lowest BCUT2D eigenvalue weighted by molar-refractivity contribution is 0.0692. The average molecular weight is 369 g/mol. The summed E-state index contributed by atoms with van der Waals surface area (Å²) in [5, 5.41) is 9.26. The SMILES string of the molecule is Cc1cc(C)c(C(=O)O)c(Oc2ccccc2I)n1. The van der Waals surface area contributed by atoms with Crippen LogP contribution in [0.4, 0.5) is 0 Å². The van der Waals surface area contributed by atoms with Crippen molar-refractivity contribution >= 4 is 28.6 Å². The van der Waals surface area contributed by atoms with E-state index < -0.39 is 5.97 Å². The van der Waals surface area contributed by atoms with E-state index in [1.54, 1.807) is 26.0 Å². The minimum absolute atomic E-state index is 0.102. The zero-order chi connectivity index (χ0) is 14.0. The molecule has 2 rings (SSSR count). The lowest BCUT2D eigenvalue weighted by atomic mass is 10.1. The van der Waals surface area contributed by atoms with Gasteiger partial charge in [0.25, 0.3) is 0 Å². The number of para-hydroxylation sites is 1. The minimum Gasteiger partial charge on any atom is -0.477 e. The van der Waals surface area contributed by atoms with Crippen molar-refractivity contribution in [3.05, 3.63) is 50.7 Å². The third-order valence-corrected chi connectivity index (χ3v) is 3.46. The predicted molar refractivity (Wildman–Crippen MR) is 79.9 cm³/mol. The molecule has 2 aromatic rings. The fraction of sp³-hybridized carbons (Fsp3) is 0.143. The van der Waals surface area contributed by atoms with Gasteiger partial charge in [-0.05, 0) is 60.2 Å². The predicted octanol–water partition coefficient (Wildman–Crippen LogP) is 3.79. The number of ether oxygens (including phenoxy) is 1. The van der Waals surface area contributed by atoms with Crippen LogP contribution in [-0.2, 0) is 0 Å². The summed E-state index contributed by atoms with van der Waals surface area (Å²) in [5.74, 6) is -0.303. The maximum atomic E-state index is 11.3. The Kier molecular flexibility index (Phi) is 4.04. The molecule has 0 amide bonds. The first-order valence-electron chi connectivity index (χ1n) is 5.63. The van der Waals surface area contributed by atoms with Gasteiger partial charge in [-0.15, -0.1) is 0 Å². The Hall–Kier alpha value is -1.63. The number of nitrogens with zero attached hydrogens (tertiary/aromatic N) is 1. The molecule has 0 aliphatic rings. The van der Waals surface area contributed by atoms with Gasteiger partial charge in [-0.1, -0.05) is 12.1 Å². The number of hydrogen-bond donors (Lipinski definition) is 1. The van der Waals surface area contributed by atoms with E-state index >= 15 is 0 Å². The van der Waals surface area contributed by atoms with E-state index in [9.17, 15) is 9.90 Å². The Labute approximate surface area is 124 Å². The Morgan fingerprint density at radius 2 is 2.00 bits per heavy atom. The van der Waals surface area contributed by atoms with Crippen LogP contribution in [0.1, 0.15) is 21.6 Å². The highest BCUT2D eigenvalue weighted by Gasteiger charge is 2.18. The van der Waals surface area contributed by atoms with E-state index in [1.165, 1.54) is 0 Å². The van der Waals surface area contributed by atoms with E-state index in [-0.39, 0.29) is 11.4 Å². The van der Waals surface area contributed by atoms with E-state index in [4.69, 9.17) is 4.74 Å². The Balaban J connectivity index is 2.51. The molecule has 0 fully saturated rings. The Morgan fingerprint density at radius 3 is 2.63 bits per heavy atom. The molecule has 0 saturated heterocycles. The highest BCUT2D eigenvalue weighted by molar-refractivity contribution is 14.1. The standard InChI is InChI=1S/C14H12INO3/c1-8-7-9(2)16-13(12(8)14(17)18)19-11-6-4-3-5-10(11)15/h3-7H,1-2H3,(H,17,18). The third-order valence-electron chi connectivity index (χ3n) is 2.57. The number of carboxylic acids is 1. The monoisotopic (exact) mass is 369 g/mol. The van der Waals surface area contributed by atoms with Gasteiger partial charge in [-0.3, -0.25) is 0 Å². The van der Waals surface area contributed by atoms with Crippen molar-refractivity contribution in [2.75, 3.05) is 0 Å². The van der Waals surface area contributed by atoms with E-state index in [0.717, 1.165) is 9.26 Å². The molecule has 0 aliphatic heterocycles. The van der Waals surface area contributed by atoms with Crippen LogP contribution in [0.2, 0.25) is 0 Å². The maximum Gasteiger partial charge on any atom is 0.341 e. The summed E-state index contributed by atoms with van der Waals surface area (Å²) >= 11 is 2.13. The summed E-state index contributed by atoms with van der Waals surface area (Å²) < 4.78 is 6.56. The molecule has 98 valence electrons. The topological polar surface area (TPSA) is 59.4 Å². The smallest absolute Gasteiger partial charge is 0.341 e. The second-order valence-electron chi connectivity index (χ2n) is 4.10. The van der Waals surface area contributed by atoms with Crippen molar-refractivity contribution in [2.24, 2.45) is 0 Å². The first kappa shape index (κ1) is 13.8. The van der Waals surface area contributed by atoms with Gasteiger partial charge in [0.1, 0.15) is 11.3 Å². The van der Waals surface area contributed by atoms with Gasteiger partial charge in [0.2, 0.25) is 5.88 Å². The summed E-state index contributed by atoms with van der Waals surface area (Å²) in [4.78, 5) is 15.5. The summed E-state index contributed by atoms with van der Waals surface area (Å²) in [6.45, 7) is 3.54. The van der Waals surface area contributed by atoms with Crippen molar-refractivity contribution in [3.63, 3.8) is 0 Å². The van der Waals surface area contributed by atoms with Crippen molar-refractivity contribution in [2.45, 2.75) is 13.8 Å². The Bertz CT molecular complexity index is 641. The van der Waals surface area contributed by atoms with Gasteiger partial charge >= 0.3 is 5.97 Å². The normalized spacial score (nSPS) is 10.3. The van der Waals surface area contributed by atoms with Crippen molar-refractivity contribution in [1.82, 2.24) is 4.98 Å². The molecular weight excluding hydrogens is 357 g/mol. The number of rotatable bonds is 3. The van der Waals surface area contributed by atoms with E-state index in [2.05, 4.69) is 27.6 Å². The minimum atomic E-state index is -1.04. The van der Waals surface area contributed by atoms with Gasteiger partial charge in [-0.2, -0.15) is 0 Å². The molecule has 0 bridgehead atoms. The molecule has 1 aromatic heterocycles. The molecule has 19 heavy (non-hydrogen) atoms. The molecule has 5 heteroatoms. The van der Waals surface area contributed by atoms with Crippen LogP contribution in [0.15, 0.2) is 30.3 Å². The van der Waals surface area contributed by atoms with Crippen LogP contribution in [0.3, 0.4) is 0 Å². The van der Waals surface area contributed by atoms with Crippen molar-refractivity contribution in [1.29, 1.82) is 0 Å². The lowest BCUT2D eigenvalue weighted by Crippen LogP contribution is -2.06. The van der Waals surface area contributed by atoms with Gasteiger partial charge in [0.05, 0.1) is 3.57 Å². The molecule has 0 atom stereocenters. The van der Waals surface area contributed by atoms with Crippen LogP contribution in [0.25, 0.3) is 0 Å². The quantitative estimate of drug-likeness (QED) is 0.837. The number of aromatic nitrogens is 1. The van der Waals surface area contributed by atoms with Gasteiger partial charge in [0.15, 0.2) is 0 Å². The molecule has 4 nitrogen and oxygen atoms in total. The van der Waals surface area contributed by atoms with Gasteiger partial charge in [-0.25, -0.2) is 9.78 Å². The largest absolute Gasteiger partial charge is 0.477 e. The third kappa shape index (κ3) is 3.04. The fourth-order valence-corrected chi connectivity index (χ4v) is 2.27. The fourth-order valence-electron chi connectivity index (χ4n) is 1.77. The average Bonchev–Trinajstić information content (AvgIpc) is 2.30. The molecule has 0 unspecified atom stereocenters. The van der Waals surface area contributed by atoms with Crippen LogP contribution in [0, 0.1) is 17.4 Å². The van der Waals surface area contributed by atoms with Crippen LogP contribution in [0.5, 0.6) is 11.6 Å². The number of pyridine rings is 1. The first-order chi connectivity index (χ1) is 8.99. The molecule has 0 radical (unpaired) electrons. The maximum absolute atomic E-state index is 11.3. The molecule has 1 N–H and O–H groups in total. The highest BCUT2D eigenvalue weighted by atomic mass is 127. The van der Waals surface area contributed by atoms with E-state index in [1.807, 2.05) is 18.2 Å². The molecule has 0 aliphatic carbocycles. The zero-order valence-corrected chi connectivity index (χ0v) is 12.6. The van der Waals surface area contributed by atoms with Crippen LogP contribution < -0.4 is 4.74 Å². The van der Waals surface area contributed by atoms with Crippen LogP contribution in [-0.4, -0.2) is 16.1 Å². The van der Waals surface area contributed by atoms with Gasteiger partial charge < -0.3 is 9.84 Å². The summed E-state index contributed by atoms with van der Waals surface area (Å²) in [5.41, 5.74) is 1.47. The molecule has 0 spiro atoms. The number of aromatic carboxylic acids is 1. The number of carbonyl (C=O) groups is 1. The molecule has 1 heterocycles. The number of hydrogen-bond acceptors (Lipinski definition) is 3. The summed E-state index contributed by atoms with van der Waals surface area (Å²) in [6, 6.07) is 9.13. The van der Waals surface area contributed by atoms with Crippen molar-refractivity contribution < 1.29 is 14.6 Å². The number of carboxylic acid groups (broad SMARTS) is 1. The molecule has 1 aromatic carbocycles. The van der Waals surface area contributed by atoms with Crippen LogP contribution >= 0.6 is 22.6 Å². The number of halogens is 1. The van der Waals surface area contributed by atoms with Crippen molar-refractivity contribution in [3.8, 4) is 11.6 Å². The summed E-state index contributed by atoms with van der Waals surface area (Å²) in [6.07, 6.45) is 0. The molecular formula is C14H12INO3.